The van der Waals surface area contributed by atoms with Crippen LogP contribution in [0, 0.1) is 46.9 Å². The van der Waals surface area contributed by atoms with Crippen molar-refractivity contribution in [1.29, 1.82) is 0 Å². The van der Waals surface area contributed by atoms with Crippen molar-refractivity contribution < 1.29 is 46.9 Å². The SMILES string of the molecule is CC(C)(C)N=CC=NC(C)(C)C.CC(C)(C)N=CC=NC(C)(C)C.CC(C)(C)N=CC=NC(C)(C)C.[Yb]. The van der Waals surface area contributed by atoms with Gasteiger partial charge < -0.3 is 0 Å². The predicted molar refractivity (Wildman–Crippen MR) is 169 cm³/mol. The van der Waals surface area contributed by atoms with E-state index < -0.39 is 0 Å². The first-order valence-corrected chi connectivity index (χ1v) is 12.9. The summed E-state index contributed by atoms with van der Waals surface area (Å²) >= 11 is 0. The van der Waals surface area contributed by atoms with Gasteiger partial charge in [0.05, 0.1) is 33.2 Å². The fourth-order valence-electron chi connectivity index (χ4n) is 1.54. The monoisotopic (exact) mass is 678 g/mol. The second-order valence-electron chi connectivity index (χ2n) is 14.7. The summed E-state index contributed by atoms with van der Waals surface area (Å²) in [4.78, 5) is 25.7. The molecule has 0 aliphatic heterocycles. The Morgan fingerprint density at radius 3 is 0.378 bits per heavy atom. The quantitative estimate of drug-likeness (QED) is 0.271. The normalized spacial score (nSPS) is 14.4. The summed E-state index contributed by atoms with van der Waals surface area (Å²) in [6.45, 7) is 37.2. The molecule has 37 heavy (non-hydrogen) atoms. The average Bonchev–Trinajstić information content (AvgIpc) is 2.56. The first-order valence-electron chi connectivity index (χ1n) is 12.9. The summed E-state index contributed by atoms with van der Waals surface area (Å²) < 4.78 is 0. The van der Waals surface area contributed by atoms with E-state index >= 15 is 0 Å². The fourth-order valence-corrected chi connectivity index (χ4v) is 1.54. The van der Waals surface area contributed by atoms with Crippen LogP contribution in [0.2, 0.25) is 0 Å². The van der Waals surface area contributed by atoms with Crippen LogP contribution in [0.15, 0.2) is 30.0 Å². The van der Waals surface area contributed by atoms with Gasteiger partial charge in [0.1, 0.15) is 0 Å². The van der Waals surface area contributed by atoms with Crippen LogP contribution in [0.4, 0.5) is 0 Å². The van der Waals surface area contributed by atoms with E-state index in [1.807, 2.05) is 0 Å². The van der Waals surface area contributed by atoms with Crippen molar-refractivity contribution in [2.24, 2.45) is 30.0 Å². The Labute approximate surface area is 269 Å². The number of hydrogen-bond donors (Lipinski definition) is 0. The van der Waals surface area contributed by atoms with Crippen molar-refractivity contribution >= 4 is 37.3 Å². The maximum absolute atomic E-state index is 4.29. The molecule has 0 rings (SSSR count). The van der Waals surface area contributed by atoms with Crippen molar-refractivity contribution in [3.05, 3.63) is 0 Å². The van der Waals surface area contributed by atoms with E-state index in [0.717, 1.165) is 0 Å². The van der Waals surface area contributed by atoms with Gasteiger partial charge in [0, 0.05) is 84.2 Å². The Kier molecular flexibility index (Phi) is 22.1. The van der Waals surface area contributed by atoms with E-state index in [0.29, 0.717) is 0 Å². The van der Waals surface area contributed by atoms with Crippen LogP contribution in [0.25, 0.3) is 0 Å². The van der Waals surface area contributed by atoms with Crippen LogP contribution in [-0.4, -0.2) is 70.5 Å². The van der Waals surface area contributed by atoms with Crippen molar-refractivity contribution in [3.63, 3.8) is 0 Å². The Morgan fingerprint density at radius 1 is 0.243 bits per heavy atom. The molecule has 0 aliphatic rings. The Hall–Kier alpha value is -0.461. The molecule has 7 heteroatoms. The third-order valence-corrected chi connectivity index (χ3v) is 2.97. The van der Waals surface area contributed by atoms with Gasteiger partial charge in [-0.2, -0.15) is 0 Å². The van der Waals surface area contributed by atoms with Gasteiger partial charge in [-0.15, -0.1) is 0 Å². The zero-order valence-electron chi connectivity index (χ0n) is 27.4. The second kappa shape index (κ2) is 18.8. The van der Waals surface area contributed by atoms with Gasteiger partial charge in [0.25, 0.3) is 0 Å². The van der Waals surface area contributed by atoms with Gasteiger partial charge >= 0.3 is 0 Å². The molecular formula is C30H60N6Yb. The summed E-state index contributed by atoms with van der Waals surface area (Å²) in [5.74, 6) is 0. The third-order valence-electron chi connectivity index (χ3n) is 2.97. The smallest absolute Gasteiger partial charge is 0.0524 e. The van der Waals surface area contributed by atoms with Gasteiger partial charge in [0.2, 0.25) is 0 Å². The van der Waals surface area contributed by atoms with E-state index in [2.05, 4.69) is 155 Å². The standard InChI is InChI=1S/3C10H20N2.Yb/c3*1-9(2,3)11-7-8-12-10(4,5)6;/h3*7-8H,1-6H3;. The number of aliphatic imine (C=N–C) groups is 6. The number of nitrogens with zero attached hydrogens (tertiary/aromatic N) is 6. The molecule has 0 saturated carbocycles. The molecule has 0 bridgehead atoms. The minimum atomic E-state index is 0. The number of hydrogen-bond acceptors (Lipinski definition) is 6. The molecule has 0 aromatic heterocycles. The maximum Gasteiger partial charge on any atom is 0.0524 e. The minimum Gasteiger partial charge on any atom is -0.286 e. The molecule has 0 aromatic carbocycles. The van der Waals surface area contributed by atoms with Gasteiger partial charge in [-0.1, -0.05) is 0 Å². The Bertz CT molecular complexity index is 576. The average molecular weight is 678 g/mol. The molecule has 224 valence electrons. The molecule has 0 radical (unpaired) electrons. The minimum absolute atomic E-state index is 0. The van der Waals surface area contributed by atoms with Crippen LogP contribution >= 0.6 is 0 Å². The van der Waals surface area contributed by atoms with E-state index in [4.69, 9.17) is 0 Å². The Balaban J connectivity index is -0.000000218. The number of rotatable bonds is 3. The first kappa shape index (κ1) is 43.6. The van der Waals surface area contributed by atoms with Crippen LogP contribution in [-0.2, 0) is 0 Å². The topological polar surface area (TPSA) is 74.2 Å². The van der Waals surface area contributed by atoms with Gasteiger partial charge in [-0.25, -0.2) is 0 Å². The van der Waals surface area contributed by atoms with Crippen LogP contribution in [0.1, 0.15) is 125 Å². The van der Waals surface area contributed by atoms with Crippen molar-refractivity contribution in [2.75, 3.05) is 0 Å². The summed E-state index contributed by atoms with van der Waals surface area (Å²) in [5, 5.41) is 0. The van der Waals surface area contributed by atoms with Crippen LogP contribution in [0.5, 0.6) is 0 Å². The van der Waals surface area contributed by atoms with Crippen molar-refractivity contribution in [1.82, 2.24) is 0 Å². The molecule has 0 saturated heterocycles. The first-order chi connectivity index (χ1) is 15.6. The molecule has 0 amide bonds. The molecule has 0 unspecified atom stereocenters. The van der Waals surface area contributed by atoms with Crippen LogP contribution < -0.4 is 0 Å². The summed E-state index contributed by atoms with van der Waals surface area (Å²) in [7, 11) is 0. The van der Waals surface area contributed by atoms with Gasteiger partial charge in [-0.05, 0) is 125 Å². The molecule has 0 aromatic rings. The molecule has 0 N–H and O–H groups in total. The predicted octanol–water partition coefficient (Wildman–Crippen LogP) is 8.18. The van der Waals surface area contributed by atoms with E-state index in [9.17, 15) is 0 Å². The van der Waals surface area contributed by atoms with E-state index in [-0.39, 0.29) is 80.2 Å². The maximum atomic E-state index is 4.29. The third kappa shape index (κ3) is 56.8. The Morgan fingerprint density at radius 2 is 0.324 bits per heavy atom. The fraction of sp³-hybridized carbons (Fsp3) is 0.800. The molecule has 0 aliphatic carbocycles. The molecule has 0 spiro atoms. The van der Waals surface area contributed by atoms with E-state index in [1.165, 1.54) is 0 Å². The molecule has 6 nitrogen and oxygen atoms in total. The van der Waals surface area contributed by atoms with Crippen LogP contribution in [0.3, 0.4) is 0 Å². The van der Waals surface area contributed by atoms with E-state index in [1.54, 1.807) is 37.3 Å². The van der Waals surface area contributed by atoms with Gasteiger partial charge in [0.15, 0.2) is 0 Å². The summed E-state index contributed by atoms with van der Waals surface area (Å²) in [6.07, 6.45) is 10.6. The molecule has 0 heterocycles. The summed E-state index contributed by atoms with van der Waals surface area (Å²) in [6, 6.07) is 0. The van der Waals surface area contributed by atoms with Gasteiger partial charge in [-0.3, -0.25) is 30.0 Å². The zero-order chi connectivity index (χ0) is 29.5. The van der Waals surface area contributed by atoms with Crippen molar-refractivity contribution in [3.8, 4) is 0 Å². The second-order valence-corrected chi connectivity index (χ2v) is 14.7. The van der Waals surface area contributed by atoms with Crippen molar-refractivity contribution in [2.45, 2.75) is 158 Å². The zero-order valence-corrected chi connectivity index (χ0v) is 29.1. The largest absolute Gasteiger partial charge is 0.286 e. The molecular weight excluding hydrogens is 617 g/mol. The summed E-state index contributed by atoms with van der Waals surface area (Å²) in [5.41, 5.74) is 0.0232. The molecule has 0 fully saturated rings. The molecule has 0 atom stereocenters.